The van der Waals surface area contributed by atoms with Gasteiger partial charge >= 0.3 is 0 Å². The molecule has 0 unspecified atom stereocenters. The van der Waals surface area contributed by atoms with E-state index in [9.17, 15) is 14.5 Å². The average Bonchev–Trinajstić information content (AvgIpc) is 3.18. The fraction of sp³-hybridized carbons (Fsp3) is 0.167. The van der Waals surface area contributed by atoms with E-state index in [0.717, 1.165) is 5.69 Å². The molecular formula is C24H20ClFN4O3S. The Kier molecular flexibility index (Phi) is 7.44. The van der Waals surface area contributed by atoms with E-state index < -0.39 is 5.25 Å². The van der Waals surface area contributed by atoms with Crippen LogP contribution >= 0.6 is 23.4 Å². The Bertz CT molecular complexity index is 1300. The van der Waals surface area contributed by atoms with Gasteiger partial charge < -0.3 is 4.74 Å². The molecule has 1 aromatic heterocycles. The molecule has 7 nitrogen and oxygen atoms in total. The molecule has 0 aliphatic carbocycles. The average molecular weight is 499 g/mol. The van der Waals surface area contributed by atoms with E-state index in [1.807, 2.05) is 16.7 Å². The van der Waals surface area contributed by atoms with Crippen LogP contribution in [0.4, 0.5) is 4.39 Å². The smallest absolute Gasteiger partial charge is 0.220 e. The highest BCUT2D eigenvalue weighted by Crippen LogP contribution is 2.40. The van der Waals surface area contributed by atoms with Gasteiger partial charge in [0.1, 0.15) is 29.2 Å². The molecule has 174 valence electrons. The first-order chi connectivity index (χ1) is 16.4. The molecule has 4 aromatic rings. The summed E-state index contributed by atoms with van der Waals surface area (Å²) in [5.41, 5.74) is 1.80. The SMILES string of the molecule is Cc1nnc(S[C@H](C[N+](=O)[O-])c2ccccc2OCc2ccccc2F)n1-c1ccc(Cl)cc1. The predicted octanol–water partition coefficient (Wildman–Crippen LogP) is 6.06. The topological polar surface area (TPSA) is 83.1 Å². The van der Waals surface area contributed by atoms with Crippen LogP contribution in [0.15, 0.2) is 78.0 Å². The van der Waals surface area contributed by atoms with Gasteiger partial charge in [-0.1, -0.05) is 59.8 Å². The first-order valence-corrected chi connectivity index (χ1v) is 11.6. The van der Waals surface area contributed by atoms with Crippen LogP contribution in [0.2, 0.25) is 5.02 Å². The molecular weight excluding hydrogens is 479 g/mol. The van der Waals surface area contributed by atoms with Gasteiger partial charge in [0.25, 0.3) is 0 Å². The number of rotatable bonds is 9. The van der Waals surface area contributed by atoms with E-state index in [1.165, 1.54) is 17.8 Å². The number of aryl methyl sites for hydroxylation is 1. The Morgan fingerprint density at radius 3 is 2.53 bits per heavy atom. The van der Waals surface area contributed by atoms with Crippen LogP contribution in [0.5, 0.6) is 5.75 Å². The number of benzene rings is 3. The van der Waals surface area contributed by atoms with Gasteiger partial charge in [-0.3, -0.25) is 14.7 Å². The molecule has 0 aliphatic heterocycles. The highest BCUT2D eigenvalue weighted by Gasteiger charge is 2.26. The molecule has 4 rings (SSSR count). The van der Waals surface area contributed by atoms with E-state index in [1.54, 1.807) is 61.5 Å². The van der Waals surface area contributed by atoms with Gasteiger partial charge in [-0.2, -0.15) is 0 Å². The summed E-state index contributed by atoms with van der Waals surface area (Å²) in [6, 6.07) is 20.6. The third-order valence-corrected chi connectivity index (χ3v) is 6.46. The zero-order valence-corrected chi connectivity index (χ0v) is 19.7. The third kappa shape index (κ3) is 5.55. The fourth-order valence-corrected chi connectivity index (χ4v) is 4.75. The summed E-state index contributed by atoms with van der Waals surface area (Å²) < 4.78 is 21.8. The molecule has 10 heteroatoms. The Morgan fingerprint density at radius 1 is 1.09 bits per heavy atom. The van der Waals surface area contributed by atoms with Crippen molar-refractivity contribution in [1.29, 1.82) is 0 Å². The van der Waals surface area contributed by atoms with Gasteiger partial charge in [0.15, 0.2) is 5.16 Å². The number of aromatic nitrogens is 3. The zero-order chi connectivity index (χ0) is 24.1. The monoisotopic (exact) mass is 498 g/mol. The van der Waals surface area contributed by atoms with E-state index >= 15 is 0 Å². The lowest BCUT2D eigenvalue weighted by atomic mass is 10.1. The lowest BCUT2D eigenvalue weighted by Crippen LogP contribution is -2.12. The highest BCUT2D eigenvalue weighted by molar-refractivity contribution is 7.99. The Morgan fingerprint density at radius 2 is 1.79 bits per heavy atom. The molecule has 0 aliphatic rings. The van der Waals surface area contributed by atoms with Gasteiger partial charge in [-0.05, 0) is 43.3 Å². The molecule has 1 heterocycles. The Balaban J connectivity index is 1.65. The predicted molar refractivity (Wildman–Crippen MR) is 129 cm³/mol. The maximum atomic E-state index is 14.0. The summed E-state index contributed by atoms with van der Waals surface area (Å²) >= 11 is 7.23. The van der Waals surface area contributed by atoms with Crippen LogP contribution in [0.3, 0.4) is 0 Å². The van der Waals surface area contributed by atoms with E-state index in [0.29, 0.717) is 32.9 Å². The number of ether oxygens (including phenoxy) is 1. The standard InChI is InChI=1S/C24H20ClFN4O3S/c1-16-27-28-24(30(16)19-12-10-18(25)11-13-19)34-23(14-29(31)32)20-7-3-5-9-22(20)33-15-17-6-2-4-8-21(17)26/h2-13,23H,14-15H2,1H3/t23-/m1/s1. The van der Waals surface area contributed by atoms with E-state index in [-0.39, 0.29) is 23.9 Å². The Labute approximate surface area is 204 Å². The number of para-hydroxylation sites is 1. The number of hydrogen-bond acceptors (Lipinski definition) is 6. The number of halogens is 2. The largest absolute Gasteiger partial charge is 0.488 e. The maximum Gasteiger partial charge on any atom is 0.220 e. The van der Waals surface area contributed by atoms with Gasteiger partial charge in [-0.15, -0.1) is 10.2 Å². The van der Waals surface area contributed by atoms with Crippen molar-refractivity contribution in [2.75, 3.05) is 6.54 Å². The van der Waals surface area contributed by atoms with Crippen LogP contribution < -0.4 is 4.74 Å². The molecule has 0 bridgehead atoms. The summed E-state index contributed by atoms with van der Waals surface area (Å²) in [6.07, 6.45) is 0. The second-order valence-electron chi connectivity index (χ2n) is 7.38. The first-order valence-electron chi connectivity index (χ1n) is 10.3. The fourth-order valence-electron chi connectivity index (χ4n) is 3.42. The van der Waals surface area contributed by atoms with Crippen molar-refractivity contribution < 1.29 is 14.1 Å². The molecule has 3 aromatic carbocycles. The lowest BCUT2D eigenvalue weighted by Gasteiger charge is -2.18. The Hall–Kier alpha value is -3.43. The summed E-state index contributed by atoms with van der Waals surface area (Å²) in [7, 11) is 0. The normalized spacial score (nSPS) is 11.9. The minimum absolute atomic E-state index is 0.000394. The van der Waals surface area contributed by atoms with Crippen molar-refractivity contribution in [2.24, 2.45) is 0 Å². The van der Waals surface area contributed by atoms with E-state index in [2.05, 4.69) is 10.2 Å². The van der Waals surface area contributed by atoms with Crippen molar-refractivity contribution in [3.05, 3.63) is 111 Å². The van der Waals surface area contributed by atoms with Crippen molar-refractivity contribution in [1.82, 2.24) is 14.8 Å². The molecule has 1 atom stereocenters. The first kappa shape index (κ1) is 23.7. The zero-order valence-electron chi connectivity index (χ0n) is 18.1. The van der Waals surface area contributed by atoms with Crippen molar-refractivity contribution in [3.8, 4) is 11.4 Å². The van der Waals surface area contributed by atoms with Crippen molar-refractivity contribution >= 4 is 23.4 Å². The van der Waals surface area contributed by atoms with Gasteiger partial charge in [-0.25, -0.2) is 4.39 Å². The molecule has 0 N–H and O–H groups in total. The summed E-state index contributed by atoms with van der Waals surface area (Å²) in [4.78, 5) is 11.2. The van der Waals surface area contributed by atoms with Gasteiger partial charge in [0, 0.05) is 26.8 Å². The minimum atomic E-state index is -0.624. The van der Waals surface area contributed by atoms with Crippen LogP contribution in [-0.2, 0) is 6.61 Å². The molecule has 0 saturated carbocycles. The molecule has 0 radical (unpaired) electrons. The maximum absolute atomic E-state index is 14.0. The summed E-state index contributed by atoms with van der Waals surface area (Å²) in [5.74, 6) is 0.705. The highest BCUT2D eigenvalue weighted by atomic mass is 35.5. The molecule has 34 heavy (non-hydrogen) atoms. The minimum Gasteiger partial charge on any atom is -0.488 e. The van der Waals surface area contributed by atoms with Crippen LogP contribution in [0, 0.1) is 22.9 Å². The van der Waals surface area contributed by atoms with Gasteiger partial charge in [0.2, 0.25) is 6.54 Å². The molecule has 0 spiro atoms. The number of thioether (sulfide) groups is 1. The second-order valence-corrected chi connectivity index (χ2v) is 8.99. The summed E-state index contributed by atoms with van der Waals surface area (Å²) in [5, 5.41) is 20.4. The molecule has 0 amide bonds. The van der Waals surface area contributed by atoms with Crippen molar-refractivity contribution in [3.63, 3.8) is 0 Å². The number of nitrogens with zero attached hydrogens (tertiary/aromatic N) is 4. The number of nitro groups is 1. The van der Waals surface area contributed by atoms with Crippen LogP contribution in [-0.4, -0.2) is 26.2 Å². The summed E-state index contributed by atoms with van der Waals surface area (Å²) in [6.45, 7) is 1.44. The van der Waals surface area contributed by atoms with Crippen LogP contribution in [0.25, 0.3) is 5.69 Å². The van der Waals surface area contributed by atoms with Crippen molar-refractivity contribution in [2.45, 2.75) is 23.9 Å². The number of hydrogen-bond donors (Lipinski definition) is 0. The third-order valence-electron chi connectivity index (χ3n) is 5.05. The molecule has 0 fully saturated rings. The molecule has 0 saturated heterocycles. The second kappa shape index (κ2) is 10.7. The lowest BCUT2D eigenvalue weighted by molar-refractivity contribution is -0.479. The van der Waals surface area contributed by atoms with E-state index in [4.69, 9.17) is 16.3 Å². The van der Waals surface area contributed by atoms with Crippen LogP contribution in [0.1, 0.15) is 22.2 Å². The quantitative estimate of drug-likeness (QED) is 0.158. The van der Waals surface area contributed by atoms with Gasteiger partial charge in [0.05, 0.1) is 0 Å².